The van der Waals surface area contributed by atoms with Crippen molar-refractivity contribution in [3.8, 4) is 5.75 Å². The van der Waals surface area contributed by atoms with E-state index in [4.69, 9.17) is 5.73 Å². The fraction of sp³-hybridized carbons (Fsp3) is 0.176. The van der Waals surface area contributed by atoms with Gasteiger partial charge in [-0.3, -0.25) is 9.59 Å². The Morgan fingerprint density at radius 2 is 1.72 bits per heavy atom. The van der Waals surface area contributed by atoms with E-state index in [1.807, 2.05) is 0 Å². The normalized spacial score (nSPS) is 10.6. The van der Waals surface area contributed by atoms with Crippen LogP contribution in [0.4, 0.5) is 18.9 Å². The van der Waals surface area contributed by atoms with Crippen LogP contribution in [0.1, 0.15) is 16.8 Å². The van der Waals surface area contributed by atoms with Gasteiger partial charge in [0.05, 0.1) is 5.56 Å². The molecule has 2 rings (SSSR count). The minimum absolute atomic E-state index is 0.0944. The molecular formula is C17H15F3N2O3. The van der Waals surface area contributed by atoms with E-state index >= 15 is 0 Å². The summed E-state index contributed by atoms with van der Waals surface area (Å²) in [5, 5.41) is 0. The number of nitrogens with two attached hydrogens (primary N) is 1. The second-order valence-corrected chi connectivity index (χ2v) is 5.02. The van der Waals surface area contributed by atoms with Gasteiger partial charge in [0.25, 0.3) is 5.91 Å². The average molecular weight is 352 g/mol. The summed E-state index contributed by atoms with van der Waals surface area (Å²) in [6.45, 7) is -3.19. The van der Waals surface area contributed by atoms with E-state index in [1.165, 1.54) is 36.4 Å². The first kappa shape index (κ1) is 18.3. The molecule has 2 aromatic carbocycles. The highest BCUT2D eigenvalue weighted by atomic mass is 19.3. The largest absolute Gasteiger partial charge is 0.434 e. The lowest BCUT2D eigenvalue weighted by Gasteiger charge is -2.23. The molecule has 2 aromatic rings. The highest BCUT2D eigenvalue weighted by molar-refractivity contribution is 6.08. The van der Waals surface area contributed by atoms with Crippen LogP contribution < -0.4 is 15.4 Å². The molecule has 0 saturated carbocycles. The molecule has 25 heavy (non-hydrogen) atoms. The zero-order chi connectivity index (χ0) is 18.4. The molecule has 0 aromatic heterocycles. The molecule has 0 spiro atoms. The van der Waals surface area contributed by atoms with Gasteiger partial charge in [-0.25, -0.2) is 4.39 Å². The van der Waals surface area contributed by atoms with Gasteiger partial charge >= 0.3 is 6.61 Å². The summed E-state index contributed by atoms with van der Waals surface area (Å²) in [6, 6.07) is 10.4. The smallest absolute Gasteiger partial charge is 0.387 e. The van der Waals surface area contributed by atoms with Crippen LogP contribution in [0.2, 0.25) is 0 Å². The second-order valence-electron chi connectivity index (χ2n) is 5.02. The molecule has 8 heteroatoms. The maximum Gasteiger partial charge on any atom is 0.387 e. The Morgan fingerprint density at radius 1 is 1.08 bits per heavy atom. The number of carbonyl (C=O) groups is 2. The van der Waals surface area contributed by atoms with Gasteiger partial charge in [0, 0.05) is 18.7 Å². The maximum atomic E-state index is 13.1. The van der Waals surface area contributed by atoms with Crippen molar-refractivity contribution in [3.05, 3.63) is 59.9 Å². The van der Waals surface area contributed by atoms with Crippen LogP contribution >= 0.6 is 0 Å². The first-order valence-electron chi connectivity index (χ1n) is 7.28. The molecule has 132 valence electrons. The molecule has 0 aliphatic heterocycles. The third-order valence-corrected chi connectivity index (χ3v) is 3.30. The van der Waals surface area contributed by atoms with Crippen molar-refractivity contribution in [2.24, 2.45) is 5.73 Å². The van der Waals surface area contributed by atoms with Crippen molar-refractivity contribution < 1.29 is 27.5 Å². The van der Waals surface area contributed by atoms with Crippen molar-refractivity contribution in [1.82, 2.24) is 0 Å². The molecule has 2 amide bonds. The van der Waals surface area contributed by atoms with Crippen molar-refractivity contribution in [2.75, 3.05) is 11.4 Å². The number of nitrogens with zero attached hydrogens (tertiary/aromatic N) is 1. The standard InChI is InChI=1S/C17H15F3N2O3/c18-11-5-7-12(8-6-11)22(10-9-15(21)23)16(24)13-3-1-2-4-14(13)25-17(19)20/h1-8,17H,9-10H2,(H2,21,23). The van der Waals surface area contributed by atoms with Crippen molar-refractivity contribution in [3.63, 3.8) is 0 Å². The minimum Gasteiger partial charge on any atom is -0.434 e. The zero-order valence-electron chi connectivity index (χ0n) is 13.0. The Labute approximate surface area is 141 Å². The number of primary amides is 1. The van der Waals surface area contributed by atoms with E-state index in [2.05, 4.69) is 4.74 Å². The molecule has 0 bridgehead atoms. The fourth-order valence-electron chi connectivity index (χ4n) is 2.18. The summed E-state index contributed by atoms with van der Waals surface area (Å²) in [6.07, 6.45) is -0.152. The van der Waals surface area contributed by atoms with Crippen LogP contribution in [0.15, 0.2) is 48.5 Å². The molecule has 0 aliphatic rings. The monoisotopic (exact) mass is 352 g/mol. The lowest BCUT2D eigenvalue weighted by atomic mass is 10.1. The van der Waals surface area contributed by atoms with Crippen LogP contribution in [0.5, 0.6) is 5.75 Å². The Bertz CT molecular complexity index is 751. The van der Waals surface area contributed by atoms with E-state index in [-0.39, 0.29) is 24.3 Å². The number of amides is 2. The summed E-state index contributed by atoms with van der Waals surface area (Å²) in [4.78, 5) is 25.0. The molecule has 0 heterocycles. The molecule has 0 atom stereocenters. The number of benzene rings is 2. The summed E-state index contributed by atoms with van der Waals surface area (Å²) in [5.41, 5.74) is 5.29. The third kappa shape index (κ3) is 4.97. The predicted octanol–water partition coefficient (Wildman–Crippen LogP) is 2.95. The van der Waals surface area contributed by atoms with Crippen LogP contribution in [-0.4, -0.2) is 25.0 Å². The van der Waals surface area contributed by atoms with Crippen molar-refractivity contribution >= 4 is 17.5 Å². The SMILES string of the molecule is NC(=O)CCN(C(=O)c1ccccc1OC(F)F)c1ccc(F)cc1. The van der Waals surface area contributed by atoms with Crippen molar-refractivity contribution in [2.45, 2.75) is 13.0 Å². The Kier molecular flexibility index (Phi) is 5.99. The van der Waals surface area contributed by atoms with Crippen LogP contribution in [-0.2, 0) is 4.79 Å². The van der Waals surface area contributed by atoms with Crippen molar-refractivity contribution in [1.29, 1.82) is 0 Å². The molecule has 0 unspecified atom stereocenters. The zero-order valence-corrected chi connectivity index (χ0v) is 13.0. The number of para-hydroxylation sites is 1. The number of hydrogen-bond donors (Lipinski definition) is 1. The van der Waals surface area contributed by atoms with Gasteiger partial charge in [-0.15, -0.1) is 0 Å². The molecular weight excluding hydrogens is 337 g/mol. The Balaban J connectivity index is 2.38. The quantitative estimate of drug-likeness (QED) is 0.833. The van der Waals surface area contributed by atoms with Gasteiger partial charge in [-0.05, 0) is 36.4 Å². The highest BCUT2D eigenvalue weighted by Crippen LogP contribution is 2.25. The molecule has 2 N–H and O–H groups in total. The highest BCUT2D eigenvalue weighted by Gasteiger charge is 2.23. The predicted molar refractivity (Wildman–Crippen MR) is 85.0 cm³/mol. The van der Waals surface area contributed by atoms with E-state index < -0.39 is 24.2 Å². The molecule has 0 aliphatic carbocycles. The summed E-state index contributed by atoms with van der Waals surface area (Å²) in [7, 11) is 0. The molecule has 0 fully saturated rings. The number of anilines is 1. The summed E-state index contributed by atoms with van der Waals surface area (Å²) in [5.74, 6) is -2.12. The van der Waals surface area contributed by atoms with Gasteiger partial charge in [-0.1, -0.05) is 12.1 Å². The third-order valence-electron chi connectivity index (χ3n) is 3.30. The van der Waals surface area contributed by atoms with Gasteiger partial charge in [-0.2, -0.15) is 8.78 Å². The van der Waals surface area contributed by atoms with E-state index in [0.717, 1.165) is 17.0 Å². The topological polar surface area (TPSA) is 72.6 Å². The lowest BCUT2D eigenvalue weighted by molar-refractivity contribution is -0.117. The number of alkyl halides is 2. The minimum atomic E-state index is -3.10. The number of rotatable bonds is 7. The number of ether oxygens (including phenoxy) is 1. The first-order chi connectivity index (χ1) is 11.9. The summed E-state index contributed by atoms with van der Waals surface area (Å²) >= 11 is 0. The Morgan fingerprint density at radius 3 is 2.32 bits per heavy atom. The molecule has 0 saturated heterocycles. The van der Waals surface area contributed by atoms with Gasteiger partial charge in [0.2, 0.25) is 5.91 Å². The first-order valence-corrected chi connectivity index (χ1v) is 7.28. The van der Waals surface area contributed by atoms with Gasteiger partial charge in [0.1, 0.15) is 11.6 Å². The number of hydrogen-bond acceptors (Lipinski definition) is 3. The van der Waals surface area contributed by atoms with Gasteiger partial charge in [0.15, 0.2) is 0 Å². The van der Waals surface area contributed by atoms with Crippen LogP contribution in [0.3, 0.4) is 0 Å². The van der Waals surface area contributed by atoms with Gasteiger partial charge < -0.3 is 15.4 Å². The maximum absolute atomic E-state index is 13.1. The number of halogens is 3. The van der Waals surface area contributed by atoms with E-state index in [9.17, 15) is 22.8 Å². The van der Waals surface area contributed by atoms with Crippen LogP contribution in [0.25, 0.3) is 0 Å². The molecule has 0 radical (unpaired) electrons. The fourth-order valence-corrected chi connectivity index (χ4v) is 2.18. The summed E-state index contributed by atoms with van der Waals surface area (Å²) < 4.78 is 42.6. The average Bonchev–Trinajstić information content (AvgIpc) is 2.56. The lowest BCUT2D eigenvalue weighted by Crippen LogP contribution is -2.34. The number of carbonyl (C=O) groups excluding carboxylic acids is 2. The van der Waals surface area contributed by atoms with E-state index in [0.29, 0.717) is 5.69 Å². The van der Waals surface area contributed by atoms with E-state index in [1.54, 1.807) is 0 Å². The Hall–Kier alpha value is -3.03. The second kappa shape index (κ2) is 8.18. The van der Waals surface area contributed by atoms with Crippen LogP contribution in [0, 0.1) is 5.82 Å². The molecule has 5 nitrogen and oxygen atoms in total.